The molecule has 2 nitrogen and oxygen atoms in total. The van der Waals surface area contributed by atoms with Gasteiger partial charge in [0.05, 0.1) is 5.60 Å². The minimum Gasteiger partial charge on any atom is -0.375 e. The van der Waals surface area contributed by atoms with E-state index in [1.165, 1.54) is 19.3 Å². The van der Waals surface area contributed by atoms with Gasteiger partial charge in [0.2, 0.25) is 0 Å². The van der Waals surface area contributed by atoms with Crippen LogP contribution < -0.4 is 5.73 Å². The maximum Gasteiger partial charge on any atom is 0.114 e. The average molecular weight is 269 g/mol. The molecule has 0 bridgehead atoms. The number of rotatable bonds is 1. The molecule has 3 rings (SSSR count). The first-order chi connectivity index (χ1) is 9.12. The zero-order valence-corrected chi connectivity index (χ0v) is 12.0. The third-order valence-electron chi connectivity index (χ3n) is 5.85. The van der Waals surface area contributed by atoms with Crippen LogP contribution in [0, 0.1) is 5.92 Å². The van der Waals surface area contributed by atoms with E-state index in [0.29, 0.717) is 12.8 Å². The molecular formula is C16H28FNO. The van der Waals surface area contributed by atoms with Gasteiger partial charge in [-0.25, -0.2) is 4.39 Å². The van der Waals surface area contributed by atoms with Gasteiger partial charge in [-0.15, -0.1) is 0 Å². The Morgan fingerprint density at radius 3 is 2.32 bits per heavy atom. The van der Waals surface area contributed by atoms with Crippen LogP contribution in [0.15, 0.2) is 0 Å². The first-order valence-electron chi connectivity index (χ1n) is 8.20. The van der Waals surface area contributed by atoms with Gasteiger partial charge in [0.15, 0.2) is 0 Å². The number of halogens is 1. The van der Waals surface area contributed by atoms with Gasteiger partial charge in [-0.05, 0) is 57.3 Å². The molecule has 3 heteroatoms. The molecule has 2 N–H and O–H groups in total. The van der Waals surface area contributed by atoms with Gasteiger partial charge in [0.25, 0.3) is 0 Å². The van der Waals surface area contributed by atoms with E-state index in [2.05, 4.69) is 0 Å². The largest absolute Gasteiger partial charge is 0.375 e. The number of nitrogens with two attached hydrogens (primary N) is 1. The second-order valence-corrected chi connectivity index (χ2v) is 7.15. The van der Waals surface area contributed by atoms with Crippen molar-refractivity contribution in [1.82, 2.24) is 0 Å². The lowest BCUT2D eigenvalue weighted by molar-refractivity contribution is -0.146. The Hall–Kier alpha value is -0.150. The highest BCUT2D eigenvalue weighted by Gasteiger charge is 2.48. The second kappa shape index (κ2) is 5.33. The zero-order valence-electron chi connectivity index (χ0n) is 12.0. The molecule has 2 aliphatic carbocycles. The molecule has 1 heterocycles. The normalized spacial score (nSPS) is 43.3. The highest BCUT2D eigenvalue weighted by molar-refractivity contribution is 4.99. The van der Waals surface area contributed by atoms with E-state index < -0.39 is 5.67 Å². The van der Waals surface area contributed by atoms with Crippen molar-refractivity contribution in [2.24, 2.45) is 11.7 Å². The Balaban J connectivity index is 1.67. The lowest BCUT2D eigenvalue weighted by Crippen LogP contribution is -2.49. The Kier molecular flexibility index (Phi) is 3.87. The van der Waals surface area contributed by atoms with Crippen molar-refractivity contribution in [3.63, 3.8) is 0 Å². The van der Waals surface area contributed by atoms with Gasteiger partial charge < -0.3 is 10.5 Å². The van der Waals surface area contributed by atoms with E-state index in [4.69, 9.17) is 10.5 Å². The van der Waals surface area contributed by atoms with Crippen LogP contribution in [0.4, 0.5) is 4.39 Å². The van der Waals surface area contributed by atoms with Crippen LogP contribution in [0.3, 0.4) is 0 Å². The van der Waals surface area contributed by atoms with Gasteiger partial charge in [-0.2, -0.15) is 0 Å². The smallest absolute Gasteiger partial charge is 0.114 e. The molecule has 0 aromatic carbocycles. The molecule has 0 aromatic rings. The summed E-state index contributed by atoms with van der Waals surface area (Å²) in [7, 11) is 0. The third kappa shape index (κ3) is 2.82. The predicted octanol–water partition coefficient (Wildman–Crippen LogP) is 3.73. The Bertz CT molecular complexity index is 300. The molecule has 110 valence electrons. The molecule has 3 aliphatic rings. The zero-order chi connectivity index (χ0) is 13.3. The van der Waals surface area contributed by atoms with Crippen molar-refractivity contribution in [3.05, 3.63) is 0 Å². The highest BCUT2D eigenvalue weighted by atomic mass is 19.1. The van der Waals surface area contributed by atoms with E-state index in [1.807, 2.05) is 0 Å². The van der Waals surface area contributed by atoms with Crippen LogP contribution in [-0.4, -0.2) is 23.9 Å². The number of hydrogen-bond donors (Lipinski definition) is 1. The monoisotopic (exact) mass is 269 g/mol. The molecule has 0 radical (unpaired) electrons. The fourth-order valence-corrected chi connectivity index (χ4v) is 4.54. The van der Waals surface area contributed by atoms with Crippen molar-refractivity contribution in [1.29, 1.82) is 0 Å². The van der Waals surface area contributed by atoms with Crippen LogP contribution >= 0.6 is 0 Å². The predicted molar refractivity (Wildman–Crippen MR) is 74.8 cm³/mol. The topological polar surface area (TPSA) is 35.2 Å². The summed E-state index contributed by atoms with van der Waals surface area (Å²) in [6, 6.07) is 0.229. The fraction of sp³-hybridized carbons (Fsp3) is 1.00. The van der Waals surface area contributed by atoms with E-state index in [1.54, 1.807) is 0 Å². The second-order valence-electron chi connectivity index (χ2n) is 7.15. The highest BCUT2D eigenvalue weighted by Crippen LogP contribution is 2.48. The molecule has 3 fully saturated rings. The Morgan fingerprint density at radius 1 is 0.947 bits per heavy atom. The van der Waals surface area contributed by atoms with Gasteiger partial charge in [-0.3, -0.25) is 0 Å². The SMILES string of the molecule is NC1CCC(F)(C2CCOC3(CCCCC3)C2)CC1. The van der Waals surface area contributed by atoms with E-state index >= 15 is 4.39 Å². The first kappa shape index (κ1) is 13.8. The van der Waals surface area contributed by atoms with Crippen LogP contribution in [0.25, 0.3) is 0 Å². The molecule has 0 amide bonds. The molecular weight excluding hydrogens is 241 g/mol. The summed E-state index contributed by atoms with van der Waals surface area (Å²) in [5.41, 5.74) is 5.00. The summed E-state index contributed by atoms with van der Waals surface area (Å²) in [4.78, 5) is 0. The van der Waals surface area contributed by atoms with Gasteiger partial charge in [-0.1, -0.05) is 19.3 Å². The average Bonchev–Trinajstić information content (AvgIpc) is 2.43. The molecule has 1 atom stereocenters. The summed E-state index contributed by atoms with van der Waals surface area (Å²) in [5.74, 6) is 0.215. The number of ether oxygens (including phenoxy) is 1. The minimum atomic E-state index is -0.954. The van der Waals surface area contributed by atoms with Gasteiger partial charge in [0, 0.05) is 12.6 Å². The van der Waals surface area contributed by atoms with Crippen LogP contribution in [0.5, 0.6) is 0 Å². The summed E-state index contributed by atoms with van der Waals surface area (Å²) >= 11 is 0. The Labute approximate surface area is 116 Å². The molecule has 2 saturated carbocycles. The molecule has 19 heavy (non-hydrogen) atoms. The quantitative estimate of drug-likeness (QED) is 0.787. The maximum atomic E-state index is 15.3. The van der Waals surface area contributed by atoms with Crippen molar-refractivity contribution in [2.75, 3.05) is 6.61 Å². The third-order valence-corrected chi connectivity index (χ3v) is 5.85. The minimum absolute atomic E-state index is 0.0276. The van der Waals surface area contributed by atoms with E-state index in [9.17, 15) is 0 Å². The van der Waals surface area contributed by atoms with Crippen molar-refractivity contribution in [2.45, 2.75) is 87.9 Å². The summed E-state index contributed by atoms with van der Waals surface area (Å²) < 4.78 is 21.4. The lowest BCUT2D eigenvalue weighted by Gasteiger charge is -2.48. The fourth-order valence-electron chi connectivity index (χ4n) is 4.54. The van der Waals surface area contributed by atoms with Crippen LogP contribution in [0.1, 0.15) is 70.6 Å². The molecule has 0 aromatic heterocycles. The summed E-state index contributed by atoms with van der Waals surface area (Å²) in [5, 5.41) is 0. The van der Waals surface area contributed by atoms with E-state index in [-0.39, 0.29) is 17.6 Å². The molecule has 1 spiro atoms. The lowest BCUT2D eigenvalue weighted by atomic mass is 9.67. The summed E-state index contributed by atoms with van der Waals surface area (Å²) in [6.45, 7) is 0.766. The maximum absolute atomic E-state index is 15.3. The Morgan fingerprint density at radius 2 is 1.63 bits per heavy atom. The standard InChI is InChI=1S/C16H28FNO/c17-16(9-4-14(18)5-10-16)13-6-11-19-15(12-13)7-2-1-3-8-15/h13-14H,1-12,18H2. The van der Waals surface area contributed by atoms with Crippen molar-refractivity contribution < 1.29 is 9.13 Å². The van der Waals surface area contributed by atoms with Crippen molar-refractivity contribution >= 4 is 0 Å². The number of alkyl halides is 1. The first-order valence-corrected chi connectivity index (χ1v) is 8.20. The van der Waals surface area contributed by atoms with Gasteiger partial charge >= 0.3 is 0 Å². The molecule has 1 unspecified atom stereocenters. The van der Waals surface area contributed by atoms with E-state index in [0.717, 1.165) is 45.1 Å². The number of hydrogen-bond acceptors (Lipinski definition) is 2. The molecule has 1 aliphatic heterocycles. The van der Waals surface area contributed by atoms with Gasteiger partial charge in [0.1, 0.15) is 5.67 Å². The van der Waals surface area contributed by atoms with Crippen LogP contribution in [0.2, 0.25) is 0 Å². The summed E-state index contributed by atoms with van der Waals surface area (Å²) in [6.07, 6.45) is 11.1. The van der Waals surface area contributed by atoms with Crippen LogP contribution in [-0.2, 0) is 4.74 Å². The molecule has 1 saturated heterocycles. The van der Waals surface area contributed by atoms with Crippen molar-refractivity contribution in [3.8, 4) is 0 Å².